The van der Waals surface area contributed by atoms with Crippen LogP contribution in [0, 0.1) is 5.92 Å². The molecule has 0 amide bonds. The third-order valence-corrected chi connectivity index (χ3v) is 4.23. The second kappa shape index (κ2) is 7.45. The van der Waals surface area contributed by atoms with Gasteiger partial charge in [-0.1, -0.05) is 12.1 Å². The van der Waals surface area contributed by atoms with E-state index in [2.05, 4.69) is 4.90 Å². The van der Waals surface area contributed by atoms with E-state index in [9.17, 15) is 10.2 Å². The molecule has 1 saturated carbocycles. The van der Waals surface area contributed by atoms with E-state index in [0.29, 0.717) is 6.42 Å². The quantitative estimate of drug-likeness (QED) is 0.892. The summed E-state index contributed by atoms with van der Waals surface area (Å²) in [7, 11) is 5.64. The third-order valence-electron chi connectivity index (χ3n) is 4.23. The Kier molecular flexibility index (Phi) is 6.47. The van der Waals surface area contributed by atoms with Crippen molar-refractivity contribution in [1.82, 2.24) is 4.90 Å². The van der Waals surface area contributed by atoms with Gasteiger partial charge in [0.2, 0.25) is 0 Å². The normalized spacial score (nSPS) is 29.0. The van der Waals surface area contributed by atoms with Crippen LogP contribution in [-0.4, -0.2) is 49.0 Å². The molecule has 1 aromatic rings. The summed E-state index contributed by atoms with van der Waals surface area (Å²) in [6.45, 7) is 0.806. The van der Waals surface area contributed by atoms with Crippen molar-refractivity contribution in [3.63, 3.8) is 0 Å². The molecular weight excluding hydrogens is 290 g/mol. The van der Waals surface area contributed by atoms with E-state index < -0.39 is 11.7 Å². The Bertz CT molecular complexity index is 455. The average Bonchev–Trinajstić information content (AvgIpc) is 2.42. The second-order valence-corrected chi connectivity index (χ2v) is 6.05. The van der Waals surface area contributed by atoms with Gasteiger partial charge in [0.15, 0.2) is 0 Å². The number of hydrogen-bond acceptors (Lipinski definition) is 4. The van der Waals surface area contributed by atoms with Crippen molar-refractivity contribution < 1.29 is 14.9 Å². The molecule has 2 rings (SSSR count). The number of aliphatic hydroxyl groups is 2. The largest absolute Gasteiger partial charge is 0.497 e. The molecule has 0 aliphatic heterocycles. The van der Waals surface area contributed by atoms with Crippen LogP contribution < -0.4 is 4.74 Å². The van der Waals surface area contributed by atoms with Gasteiger partial charge in [0.05, 0.1) is 18.8 Å². The van der Waals surface area contributed by atoms with E-state index in [-0.39, 0.29) is 18.3 Å². The number of nitrogens with zero attached hydrogens (tertiary/aromatic N) is 1. The molecule has 120 valence electrons. The lowest BCUT2D eigenvalue weighted by Crippen LogP contribution is -2.46. The molecule has 3 atom stereocenters. The van der Waals surface area contributed by atoms with Gasteiger partial charge in [-0.3, -0.25) is 0 Å². The summed E-state index contributed by atoms with van der Waals surface area (Å²) < 4.78 is 5.25. The summed E-state index contributed by atoms with van der Waals surface area (Å²) in [5.41, 5.74) is -0.154. The third kappa shape index (κ3) is 4.10. The minimum absolute atomic E-state index is 0. The Morgan fingerprint density at radius 3 is 2.67 bits per heavy atom. The molecule has 1 fully saturated rings. The summed E-state index contributed by atoms with van der Waals surface area (Å²) in [6, 6.07) is 7.55. The van der Waals surface area contributed by atoms with Crippen LogP contribution in [0.25, 0.3) is 0 Å². The fourth-order valence-electron chi connectivity index (χ4n) is 3.19. The topological polar surface area (TPSA) is 52.9 Å². The predicted molar refractivity (Wildman–Crippen MR) is 86.0 cm³/mol. The number of methoxy groups -OCH3 is 1. The van der Waals surface area contributed by atoms with Crippen molar-refractivity contribution in [2.75, 3.05) is 27.7 Å². The SMILES string of the molecule is COc1cccc(C2(O)CC(O)CCC2CN(C)C)c1.Cl. The first-order valence-electron chi connectivity index (χ1n) is 7.15. The zero-order valence-corrected chi connectivity index (χ0v) is 13.8. The summed E-state index contributed by atoms with van der Waals surface area (Å²) >= 11 is 0. The van der Waals surface area contributed by atoms with Gasteiger partial charge in [0.1, 0.15) is 5.75 Å². The van der Waals surface area contributed by atoms with E-state index in [1.165, 1.54) is 0 Å². The molecule has 0 spiro atoms. The lowest BCUT2D eigenvalue weighted by atomic mass is 9.70. The molecule has 1 aromatic carbocycles. The molecule has 21 heavy (non-hydrogen) atoms. The van der Waals surface area contributed by atoms with Gasteiger partial charge in [-0.25, -0.2) is 0 Å². The predicted octanol–water partition coefficient (Wildman–Crippen LogP) is 2.03. The van der Waals surface area contributed by atoms with Gasteiger partial charge in [-0.05, 0) is 44.6 Å². The van der Waals surface area contributed by atoms with Gasteiger partial charge in [-0.2, -0.15) is 0 Å². The first-order chi connectivity index (χ1) is 9.45. The smallest absolute Gasteiger partial charge is 0.119 e. The van der Waals surface area contributed by atoms with Crippen molar-refractivity contribution in [2.24, 2.45) is 5.92 Å². The Hall–Kier alpha value is -0.810. The maximum Gasteiger partial charge on any atom is 0.119 e. The number of ether oxygens (including phenoxy) is 1. The van der Waals surface area contributed by atoms with Crippen LogP contribution in [0.1, 0.15) is 24.8 Å². The highest BCUT2D eigenvalue weighted by atomic mass is 35.5. The molecule has 0 aromatic heterocycles. The van der Waals surface area contributed by atoms with Gasteiger partial charge in [0, 0.05) is 18.9 Å². The van der Waals surface area contributed by atoms with Crippen molar-refractivity contribution in [3.05, 3.63) is 29.8 Å². The summed E-state index contributed by atoms with van der Waals surface area (Å²) in [5, 5.41) is 21.2. The number of aliphatic hydroxyl groups excluding tert-OH is 1. The highest BCUT2D eigenvalue weighted by Crippen LogP contribution is 2.42. The fraction of sp³-hybridized carbons (Fsp3) is 0.625. The van der Waals surface area contributed by atoms with E-state index in [4.69, 9.17) is 4.74 Å². The van der Waals surface area contributed by atoms with Crippen molar-refractivity contribution in [2.45, 2.75) is 31.0 Å². The Labute approximate surface area is 133 Å². The molecule has 3 unspecified atom stereocenters. The Morgan fingerprint density at radius 1 is 1.33 bits per heavy atom. The average molecular weight is 316 g/mol. The Morgan fingerprint density at radius 2 is 2.05 bits per heavy atom. The van der Waals surface area contributed by atoms with Crippen molar-refractivity contribution >= 4 is 12.4 Å². The molecule has 0 radical (unpaired) electrons. The maximum absolute atomic E-state index is 11.2. The maximum atomic E-state index is 11.2. The van der Waals surface area contributed by atoms with E-state index in [1.54, 1.807) is 7.11 Å². The summed E-state index contributed by atoms with van der Waals surface area (Å²) in [6.07, 6.45) is 1.53. The zero-order chi connectivity index (χ0) is 14.8. The molecule has 2 N–H and O–H groups in total. The highest BCUT2D eigenvalue weighted by Gasteiger charge is 2.43. The minimum Gasteiger partial charge on any atom is -0.497 e. The van der Waals surface area contributed by atoms with Crippen molar-refractivity contribution in [1.29, 1.82) is 0 Å². The van der Waals surface area contributed by atoms with Crippen LogP contribution in [0.15, 0.2) is 24.3 Å². The molecular formula is C16H26ClNO3. The first-order valence-corrected chi connectivity index (χ1v) is 7.15. The lowest BCUT2D eigenvalue weighted by Gasteiger charge is -2.43. The van der Waals surface area contributed by atoms with Crippen LogP contribution in [0.4, 0.5) is 0 Å². The van der Waals surface area contributed by atoms with Crippen LogP contribution in [0.3, 0.4) is 0 Å². The zero-order valence-electron chi connectivity index (χ0n) is 13.0. The molecule has 4 nitrogen and oxygen atoms in total. The number of hydrogen-bond donors (Lipinski definition) is 2. The summed E-state index contributed by atoms with van der Waals surface area (Å²) in [4.78, 5) is 2.09. The van der Waals surface area contributed by atoms with Crippen LogP contribution in [0.5, 0.6) is 5.75 Å². The van der Waals surface area contributed by atoms with E-state index in [1.807, 2.05) is 38.4 Å². The molecule has 1 aliphatic rings. The number of halogens is 1. The van der Waals surface area contributed by atoms with E-state index >= 15 is 0 Å². The standard InChI is InChI=1S/C16H25NO3.ClH/c1-17(2)11-13-7-8-14(18)10-16(13,19)12-5-4-6-15(9-12)20-3;/h4-6,9,13-14,18-19H,7-8,10-11H2,1-3H3;1H. The molecule has 0 bridgehead atoms. The second-order valence-electron chi connectivity index (χ2n) is 6.05. The summed E-state index contributed by atoms with van der Waals surface area (Å²) in [5.74, 6) is 0.854. The van der Waals surface area contributed by atoms with Gasteiger partial charge in [0.25, 0.3) is 0 Å². The molecule has 1 aliphatic carbocycles. The lowest BCUT2D eigenvalue weighted by molar-refractivity contribution is -0.0992. The van der Waals surface area contributed by atoms with Gasteiger partial charge < -0.3 is 19.8 Å². The molecule has 0 saturated heterocycles. The van der Waals surface area contributed by atoms with Crippen LogP contribution in [0.2, 0.25) is 0 Å². The minimum atomic E-state index is -0.990. The van der Waals surface area contributed by atoms with Crippen LogP contribution >= 0.6 is 12.4 Å². The van der Waals surface area contributed by atoms with Crippen LogP contribution in [-0.2, 0) is 5.60 Å². The van der Waals surface area contributed by atoms with E-state index in [0.717, 1.165) is 30.7 Å². The monoisotopic (exact) mass is 315 g/mol. The first kappa shape index (κ1) is 18.2. The molecule has 0 heterocycles. The highest BCUT2D eigenvalue weighted by molar-refractivity contribution is 5.85. The van der Waals surface area contributed by atoms with Gasteiger partial charge >= 0.3 is 0 Å². The van der Waals surface area contributed by atoms with Crippen molar-refractivity contribution in [3.8, 4) is 5.75 Å². The van der Waals surface area contributed by atoms with Gasteiger partial charge in [-0.15, -0.1) is 12.4 Å². The fourth-order valence-corrected chi connectivity index (χ4v) is 3.19. The Balaban J connectivity index is 0.00000220. The molecule has 5 heteroatoms. The number of benzene rings is 1. The number of rotatable bonds is 4.